The Morgan fingerprint density at radius 3 is 2.57 bits per heavy atom. The van der Waals surface area contributed by atoms with Gasteiger partial charge in [0.2, 0.25) is 5.91 Å². The number of carbonyl (C=O) groups excluding carboxylic acids is 3. The molecule has 15 heteroatoms. The number of piperazine rings is 1. The number of carbonyl (C=O) groups is 3. The van der Waals surface area contributed by atoms with Crippen LogP contribution in [0.1, 0.15) is 54.0 Å². The van der Waals surface area contributed by atoms with Crippen molar-refractivity contribution >= 4 is 35.1 Å². The first-order chi connectivity index (χ1) is 22.2. The average molecular weight is 611 g/mol. The van der Waals surface area contributed by atoms with E-state index in [0.29, 0.717) is 49.8 Å². The first-order valence-electron chi connectivity index (χ1n) is 15.7. The smallest absolute Gasteiger partial charge is 0.410 e. The number of benzene rings is 1. The molecular formula is C29H37N9O6. The third kappa shape index (κ3) is 7.40. The second kappa shape index (κ2) is 12.8. The lowest BCUT2D eigenvalue weighted by molar-refractivity contribution is -0.117. The number of para-hydroxylation sites is 1. The van der Waals surface area contributed by atoms with Gasteiger partial charge in [-0.3, -0.25) is 14.5 Å². The minimum absolute atomic E-state index is 0.0695. The van der Waals surface area contributed by atoms with E-state index < -0.39 is 18.5 Å². The minimum atomic E-state index is -2.77. The van der Waals surface area contributed by atoms with Crippen molar-refractivity contribution in [3.8, 4) is 17.2 Å². The number of methoxy groups -OCH3 is 1. The monoisotopic (exact) mass is 610 g/mol. The zero-order valence-electron chi connectivity index (χ0n) is 28.0. The van der Waals surface area contributed by atoms with Crippen molar-refractivity contribution < 1.29 is 32.5 Å². The highest BCUT2D eigenvalue weighted by atomic mass is 16.6. The number of rotatable bonds is 9. The molecule has 5 rings (SSSR count). The number of ether oxygens (including phenoxy) is 2. The van der Waals surface area contributed by atoms with Crippen molar-refractivity contribution in [2.24, 2.45) is 5.92 Å². The highest BCUT2D eigenvalue weighted by molar-refractivity contribution is 6.00. The Morgan fingerprint density at radius 1 is 1.11 bits per heavy atom. The first-order valence-corrected chi connectivity index (χ1v) is 14.2. The van der Waals surface area contributed by atoms with E-state index in [1.54, 1.807) is 23.1 Å². The quantitative estimate of drug-likeness (QED) is 0.323. The number of aromatic nitrogens is 4. The predicted octanol–water partition coefficient (Wildman–Crippen LogP) is 3.04. The van der Waals surface area contributed by atoms with Gasteiger partial charge in [-0.15, -0.1) is 10.2 Å². The molecule has 3 amide bonds. The summed E-state index contributed by atoms with van der Waals surface area (Å²) < 4.78 is 39.0. The lowest BCUT2D eigenvalue weighted by Crippen LogP contribution is -2.49. The van der Waals surface area contributed by atoms with Crippen molar-refractivity contribution in [1.82, 2.24) is 35.5 Å². The van der Waals surface area contributed by atoms with E-state index in [4.69, 9.17) is 18.1 Å². The molecule has 44 heavy (non-hydrogen) atoms. The maximum atomic E-state index is 12.8. The van der Waals surface area contributed by atoms with Crippen LogP contribution < -0.4 is 20.7 Å². The van der Waals surface area contributed by atoms with E-state index in [1.807, 2.05) is 26.1 Å². The Hall–Kier alpha value is -4.79. The van der Waals surface area contributed by atoms with Crippen molar-refractivity contribution in [1.29, 1.82) is 0 Å². The summed E-state index contributed by atoms with van der Waals surface area (Å²) in [6.07, 6.45) is 1.21. The van der Waals surface area contributed by atoms with Gasteiger partial charge in [0.05, 0.1) is 30.6 Å². The molecule has 234 valence electrons. The molecule has 1 aliphatic carbocycles. The molecule has 0 radical (unpaired) electrons. The molecule has 2 aliphatic rings. The highest BCUT2D eigenvalue weighted by Gasteiger charge is 2.30. The predicted molar refractivity (Wildman–Crippen MR) is 159 cm³/mol. The van der Waals surface area contributed by atoms with E-state index in [2.05, 4.69) is 35.9 Å². The average Bonchev–Trinajstić information content (AvgIpc) is 3.74. The number of nitrogens with zero attached hydrogens (tertiary/aromatic N) is 6. The molecule has 1 saturated carbocycles. The van der Waals surface area contributed by atoms with Crippen LogP contribution >= 0.6 is 0 Å². The summed E-state index contributed by atoms with van der Waals surface area (Å²) in [5, 5.41) is 19.6. The van der Waals surface area contributed by atoms with Crippen molar-refractivity contribution in [2.45, 2.75) is 45.8 Å². The Balaban J connectivity index is 1.33. The van der Waals surface area contributed by atoms with E-state index >= 15 is 0 Å². The topological polar surface area (TPSA) is 177 Å². The summed E-state index contributed by atoms with van der Waals surface area (Å²) in [6, 6.07) is 6.47. The Morgan fingerprint density at radius 2 is 1.89 bits per heavy atom. The van der Waals surface area contributed by atoms with Crippen LogP contribution in [0.15, 0.2) is 28.8 Å². The summed E-state index contributed by atoms with van der Waals surface area (Å²) in [5.41, 5.74) is -0.00234. The van der Waals surface area contributed by atoms with Gasteiger partial charge in [0, 0.05) is 49.3 Å². The van der Waals surface area contributed by atoms with Crippen LogP contribution in [0.4, 0.5) is 22.0 Å². The lowest BCUT2D eigenvalue weighted by Gasteiger charge is -2.35. The number of hydrogen-bond acceptors (Lipinski definition) is 12. The summed E-state index contributed by atoms with van der Waals surface area (Å²) in [4.78, 5) is 45.9. The van der Waals surface area contributed by atoms with Gasteiger partial charge in [0.1, 0.15) is 5.60 Å². The number of anilines is 3. The number of hydrogen-bond donors (Lipinski definition) is 3. The fourth-order valence-corrected chi connectivity index (χ4v) is 4.56. The van der Waals surface area contributed by atoms with Gasteiger partial charge < -0.3 is 34.8 Å². The molecule has 3 aromatic rings. The molecule has 1 aromatic carbocycles. The van der Waals surface area contributed by atoms with Crippen LogP contribution in [0.5, 0.6) is 5.75 Å². The zero-order valence-corrected chi connectivity index (χ0v) is 25.0. The summed E-state index contributed by atoms with van der Waals surface area (Å²) in [7, 11) is 1.44. The molecule has 1 aliphatic heterocycles. The lowest BCUT2D eigenvalue weighted by atomic mass is 10.1. The maximum Gasteiger partial charge on any atom is 0.410 e. The Labute approximate surface area is 258 Å². The van der Waals surface area contributed by atoms with E-state index in [1.165, 1.54) is 13.2 Å². The van der Waals surface area contributed by atoms with Gasteiger partial charge in [-0.05, 0) is 45.7 Å². The van der Waals surface area contributed by atoms with Crippen molar-refractivity contribution in [3.05, 3.63) is 35.8 Å². The molecule has 2 aromatic heterocycles. The molecule has 0 spiro atoms. The second-order valence-electron chi connectivity index (χ2n) is 11.5. The zero-order chi connectivity index (χ0) is 33.9. The van der Waals surface area contributed by atoms with Crippen LogP contribution in [0.3, 0.4) is 0 Å². The van der Waals surface area contributed by atoms with Crippen LogP contribution in [-0.2, 0) is 16.1 Å². The van der Waals surface area contributed by atoms with Crippen LogP contribution in [0, 0.1) is 5.92 Å². The molecule has 2 fully saturated rings. The van der Waals surface area contributed by atoms with Crippen LogP contribution in [0.2, 0.25) is 0 Å². The summed E-state index contributed by atoms with van der Waals surface area (Å²) in [5.74, 6) is -0.341. The van der Waals surface area contributed by atoms with Crippen molar-refractivity contribution in [3.63, 3.8) is 0 Å². The summed E-state index contributed by atoms with van der Waals surface area (Å²) in [6.45, 7) is 5.33. The van der Waals surface area contributed by atoms with E-state index in [0.717, 1.165) is 12.8 Å². The molecule has 3 heterocycles. The van der Waals surface area contributed by atoms with Gasteiger partial charge >= 0.3 is 6.09 Å². The van der Waals surface area contributed by atoms with Gasteiger partial charge in [-0.1, -0.05) is 11.2 Å². The number of amides is 3. The largest absolute Gasteiger partial charge is 0.494 e. The second-order valence-corrected chi connectivity index (χ2v) is 11.5. The fraction of sp³-hybridized carbons (Fsp3) is 0.483. The molecule has 0 bridgehead atoms. The Bertz CT molecular complexity index is 1630. The molecule has 15 nitrogen and oxygen atoms in total. The highest BCUT2D eigenvalue weighted by Crippen LogP contribution is 2.38. The fourth-order valence-electron chi connectivity index (χ4n) is 4.56. The van der Waals surface area contributed by atoms with E-state index in [9.17, 15) is 14.4 Å². The van der Waals surface area contributed by atoms with Crippen LogP contribution in [0.25, 0.3) is 11.5 Å². The third-order valence-corrected chi connectivity index (χ3v) is 6.90. The van der Waals surface area contributed by atoms with E-state index in [-0.39, 0.29) is 46.8 Å². The molecule has 0 unspecified atom stereocenters. The van der Waals surface area contributed by atoms with Gasteiger partial charge in [0.25, 0.3) is 11.8 Å². The molecular weight excluding hydrogens is 570 g/mol. The minimum Gasteiger partial charge on any atom is -0.494 e. The van der Waals surface area contributed by atoms with Gasteiger partial charge in [-0.25, -0.2) is 4.79 Å². The Kier molecular flexibility index (Phi) is 7.82. The standard InChI is InChI=1S/C29H37N9O6/c1-29(2,3)43-28(41)38-13-11-37(12-14-38)16-22-33-27(44-36-22)18-7-6-8-19(24(18)42-5)31-20-15-21(32-25(39)17-9-10-17)34-35-23(20)26(40)30-4/h6-8,15,17H,9-14,16H2,1-5H3,(H,30,40)(H2,31,32,34,39)/i4D3. The molecule has 3 N–H and O–H groups in total. The normalized spacial score (nSPS) is 16.7. The molecule has 0 atom stereocenters. The summed E-state index contributed by atoms with van der Waals surface area (Å²) >= 11 is 0. The first kappa shape index (κ1) is 26.8. The van der Waals surface area contributed by atoms with Crippen molar-refractivity contribution in [2.75, 3.05) is 50.9 Å². The molecule has 1 saturated heterocycles. The van der Waals surface area contributed by atoms with Gasteiger partial charge in [0.15, 0.2) is 23.1 Å². The van der Waals surface area contributed by atoms with Gasteiger partial charge in [-0.2, -0.15) is 4.98 Å². The SMILES string of the molecule is [2H]C([2H])([2H])NC(=O)c1nnc(NC(=O)C2CC2)cc1Nc1cccc(-c2nc(CN3CCN(C(=O)OC(C)(C)C)CC3)no2)c1OC. The number of nitrogens with one attached hydrogen (secondary N) is 3. The third-order valence-electron chi connectivity index (χ3n) is 6.90. The van der Waals surface area contributed by atoms with Crippen LogP contribution in [-0.4, -0.2) is 93.9 Å². The maximum absolute atomic E-state index is 12.8.